The molecule has 1 aromatic carbocycles. The van der Waals surface area contributed by atoms with Gasteiger partial charge in [-0.3, -0.25) is 8.99 Å². The highest BCUT2D eigenvalue weighted by molar-refractivity contribution is 7.92. The van der Waals surface area contributed by atoms with Gasteiger partial charge in [-0.25, -0.2) is 13.4 Å². The SMILES string of the molecule is Cc1cccc2c1CCN2S(=O)(=O)c1cnc2c(c1)c(C)nn2C. The van der Waals surface area contributed by atoms with E-state index >= 15 is 0 Å². The van der Waals surface area contributed by atoms with E-state index in [2.05, 4.69) is 10.1 Å². The minimum Gasteiger partial charge on any atom is -0.266 e. The van der Waals surface area contributed by atoms with Crippen LogP contribution in [-0.2, 0) is 23.5 Å². The summed E-state index contributed by atoms with van der Waals surface area (Å²) in [5.74, 6) is 0. The van der Waals surface area contributed by atoms with Crippen molar-refractivity contribution in [2.75, 3.05) is 10.8 Å². The van der Waals surface area contributed by atoms with Crippen molar-refractivity contribution in [1.82, 2.24) is 14.8 Å². The molecule has 4 rings (SSSR count). The number of nitrogens with zero attached hydrogens (tertiary/aromatic N) is 4. The summed E-state index contributed by atoms with van der Waals surface area (Å²) in [5.41, 5.74) is 4.46. The maximum absolute atomic E-state index is 13.1. The predicted octanol–water partition coefficient (Wildman–Crippen LogP) is 2.34. The molecule has 0 saturated carbocycles. The van der Waals surface area contributed by atoms with Gasteiger partial charge < -0.3 is 0 Å². The maximum atomic E-state index is 13.1. The van der Waals surface area contributed by atoms with Crippen molar-refractivity contribution in [3.8, 4) is 0 Å². The lowest BCUT2D eigenvalue weighted by atomic mass is 10.1. The van der Waals surface area contributed by atoms with Crippen LogP contribution < -0.4 is 4.31 Å². The van der Waals surface area contributed by atoms with E-state index in [4.69, 9.17) is 0 Å². The Bertz CT molecular complexity index is 1070. The number of hydrogen-bond donors (Lipinski definition) is 0. The first kappa shape index (κ1) is 15.1. The van der Waals surface area contributed by atoms with Gasteiger partial charge in [0.25, 0.3) is 10.0 Å². The highest BCUT2D eigenvalue weighted by Gasteiger charge is 2.32. The van der Waals surface area contributed by atoms with Crippen LogP contribution in [-0.4, -0.2) is 29.7 Å². The summed E-state index contributed by atoms with van der Waals surface area (Å²) in [5, 5.41) is 5.07. The number of benzene rings is 1. The average Bonchev–Trinajstić information content (AvgIpc) is 3.11. The third-order valence-electron chi connectivity index (χ3n) is 4.64. The molecular weight excluding hydrogens is 324 g/mol. The number of aromatic nitrogens is 3. The lowest BCUT2D eigenvalue weighted by molar-refractivity contribution is 0.592. The molecule has 24 heavy (non-hydrogen) atoms. The molecule has 0 spiro atoms. The summed E-state index contributed by atoms with van der Waals surface area (Å²) >= 11 is 0. The fourth-order valence-corrected chi connectivity index (χ4v) is 4.86. The summed E-state index contributed by atoms with van der Waals surface area (Å²) in [7, 11) is -1.83. The molecule has 3 heterocycles. The Morgan fingerprint density at radius 1 is 1.21 bits per heavy atom. The normalized spacial score (nSPS) is 14.4. The van der Waals surface area contributed by atoms with Crippen molar-refractivity contribution in [3.05, 3.63) is 47.3 Å². The zero-order chi connectivity index (χ0) is 17.1. The first-order chi connectivity index (χ1) is 11.4. The van der Waals surface area contributed by atoms with Crippen LogP contribution in [0.4, 0.5) is 5.69 Å². The number of sulfonamides is 1. The molecule has 0 radical (unpaired) electrons. The summed E-state index contributed by atoms with van der Waals surface area (Å²) in [6, 6.07) is 7.46. The minimum absolute atomic E-state index is 0.209. The molecule has 124 valence electrons. The highest BCUT2D eigenvalue weighted by atomic mass is 32.2. The summed E-state index contributed by atoms with van der Waals surface area (Å²) in [6.07, 6.45) is 2.16. The lowest BCUT2D eigenvalue weighted by Crippen LogP contribution is -2.29. The van der Waals surface area contributed by atoms with E-state index in [1.54, 1.807) is 17.8 Å². The van der Waals surface area contributed by atoms with E-state index in [0.29, 0.717) is 12.2 Å². The number of rotatable bonds is 2. The number of pyridine rings is 1. The Morgan fingerprint density at radius 2 is 2.00 bits per heavy atom. The summed E-state index contributed by atoms with van der Waals surface area (Å²) in [6.45, 7) is 4.34. The molecule has 0 aliphatic carbocycles. The molecule has 0 unspecified atom stereocenters. The van der Waals surface area contributed by atoms with E-state index in [1.807, 2.05) is 32.0 Å². The molecule has 0 bridgehead atoms. The van der Waals surface area contributed by atoms with Crippen LogP contribution in [0, 0.1) is 13.8 Å². The van der Waals surface area contributed by atoms with Crippen LogP contribution in [0.3, 0.4) is 0 Å². The van der Waals surface area contributed by atoms with Gasteiger partial charge in [0.1, 0.15) is 4.90 Å². The smallest absolute Gasteiger partial charge is 0.265 e. The van der Waals surface area contributed by atoms with Crippen molar-refractivity contribution < 1.29 is 8.42 Å². The van der Waals surface area contributed by atoms with E-state index < -0.39 is 10.0 Å². The zero-order valence-electron chi connectivity index (χ0n) is 13.8. The fraction of sp³-hybridized carbons (Fsp3) is 0.294. The Morgan fingerprint density at radius 3 is 2.79 bits per heavy atom. The third kappa shape index (κ3) is 2.04. The Balaban J connectivity index is 1.85. The van der Waals surface area contributed by atoms with Crippen molar-refractivity contribution >= 4 is 26.7 Å². The monoisotopic (exact) mass is 342 g/mol. The number of anilines is 1. The van der Waals surface area contributed by atoms with Crippen LogP contribution in [0.25, 0.3) is 11.0 Å². The second-order valence-electron chi connectivity index (χ2n) is 6.15. The second-order valence-corrected chi connectivity index (χ2v) is 8.01. The fourth-order valence-electron chi connectivity index (χ4n) is 3.39. The Labute approximate surface area is 140 Å². The van der Waals surface area contributed by atoms with Crippen molar-refractivity contribution in [3.63, 3.8) is 0 Å². The molecule has 7 heteroatoms. The van der Waals surface area contributed by atoms with Crippen LogP contribution in [0.15, 0.2) is 35.4 Å². The van der Waals surface area contributed by atoms with E-state index in [1.165, 1.54) is 10.5 Å². The van der Waals surface area contributed by atoms with Gasteiger partial charge in [-0.2, -0.15) is 5.10 Å². The maximum Gasteiger partial charge on any atom is 0.265 e. The van der Waals surface area contributed by atoms with Gasteiger partial charge >= 0.3 is 0 Å². The van der Waals surface area contributed by atoms with Gasteiger partial charge in [-0.1, -0.05) is 12.1 Å². The molecule has 0 atom stereocenters. The quantitative estimate of drug-likeness (QED) is 0.717. The predicted molar refractivity (Wildman–Crippen MR) is 92.7 cm³/mol. The van der Waals surface area contributed by atoms with Gasteiger partial charge in [-0.05, 0) is 43.5 Å². The Hall–Kier alpha value is -2.41. The van der Waals surface area contributed by atoms with Gasteiger partial charge in [0.05, 0.1) is 11.4 Å². The molecule has 1 aliphatic rings. The topological polar surface area (TPSA) is 68.1 Å². The molecule has 3 aromatic rings. The Kier molecular flexibility index (Phi) is 3.18. The number of aryl methyl sites for hydroxylation is 3. The van der Waals surface area contributed by atoms with Gasteiger partial charge in [0, 0.05) is 25.2 Å². The van der Waals surface area contributed by atoms with Crippen LogP contribution in [0.1, 0.15) is 16.8 Å². The molecule has 1 aliphatic heterocycles. The first-order valence-corrected chi connectivity index (χ1v) is 9.24. The minimum atomic E-state index is -3.63. The lowest BCUT2D eigenvalue weighted by Gasteiger charge is -2.19. The van der Waals surface area contributed by atoms with Crippen molar-refractivity contribution in [2.45, 2.75) is 25.2 Å². The highest BCUT2D eigenvalue weighted by Crippen LogP contribution is 2.35. The molecule has 0 N–H and O–H groups in total. The third-order valence-corrected chi connectivity index (χ3v) is 6.42. The van der Waals surface area contributed by atoms with Crippen LogP contribution in [0.5, 0.6) is 0 Å². The van der Waals surface area contributed by atoms with Crippen molar-refractivity contribution in [1.29, 1.82) is 0 Å². The molecule has 0 fully saturated rings. The van der Waals surface area contributed by atoms with Gasteiger partial charge in [0.15, 0.2) is 5.65 Å². The standard InChI is InChI=1S/C17H18N4O2S/c1-11-5-4-6-16-14(11)7-8-21(16)24(22,23)13-9-15-12(2)19-20(3)17(15)18-10-13/h4-6,9-10H,7-8H2,1-3H3. The summed E-state index contributed by atoms with van der Waals surface area (Å²) < 4.78 is 29.4. The van der Waals surface area contributed by atoms with E-state index in [-0.39, 0.29) is 4.90 Å². The largest absolute Gasteiger partial charge is 0.266 e. The van der Waals surface area contributed by atoms with E-state index in [0.717, 1.165) is 34.3 Å². The molecule has 0 amide bonds. The molecule has 6 nitrogen and oxygen atoms in total. The number of hydrogen-bond acceptors (Lipinski definition) is 4. The van der Waals surface area contributed by atoms with Gasteiger partial charge in [0.2, 0.25) is 0 Å². The number of fused-ring (bicyclic) bond motifs is 2. The van der Waals surface area contributed by atoms with E-state index in [9.17, 15) is 8.42 Å². The molecule has 2 aromatic heterocycles. The van der Waals surface area contributed by atoms with Crippen LogP contribution in [0.2, 0.25) is 0 Å². The molecular formula is C17H18N4O2S. The first-order valence-electron chi connectivity index (χ1n) is 7.80. The van der Waals surface area contributed by atoms with Gasteiger partial charge in [-0.15, -0.1) is 0 Å². The molecule has 0 saturated heterocycles. The van der Waals surface area contributed by atoms with Crippen molar-refractivity contribution in [2.24, 2.45) is 7.05 Å². The zero-order valence-corrected chi connectivity index (χ0v) is 14.6. The van der Waals surface area contributed by atoms with Crippen LogP contribution >= 0.6 is 0 Å². The second kappa shape index (κ2) is 5.04. The summed E-state index contributed by atoms with van der Waals surface area (Å²) in [4.78, 5) is 4.52. The average molecular weight is 342 g/mol.